The molecular formula is C14H15N3O. The summed E-state index contributed by atoms with van der Waals surface area (Å²) in [5, 5.41) is 1.15. The second-order valence-corrected chi connectivity index (χ2v) is 4.50. The third-order valence-corrected chi connectivity index (χ3v) is 3.12. The predicted octanol–water partition coefficient (Wildman–Crippen LogP) is 2.90. The van der Waals surface area contributed by atoms with Gasteiger partial charge in [0.2, 0.25) is 5.89 Å². The van der Waals surface area contributed by atoms with Crippen molar-refractivity contribution in [2.24, 2.45) is 5.73 Å². The maximum Gasteiger partial charge on any atom is 0.208 e. The van der Waals surface area contributed by atoms with Crippen molar-refractivity contribution in [3.05, 3.63) is 41.5 Å². The van der Waals surface area contributed by atoms with E-state index in [1.165, 1.54) is 5.56 Å². The highest BCUT2D eigenvalue weighted by Gasteiger charge is 2.14. The molecule has 0 aliphatic rings. The number of hydrogen-bond donors (Lipinski definition) is 2. The van der Waals surface area contributed by atoms with E-state index >= 15 is 0 Å². The van der Waals surface area contributed by atoms with Crippen LogP contribution in [0.3, 0.4) is 0 Å². The van der Waals surface area contributed by atoms with Gasteiger partial charge in [-0.25, -0.2) is 4.98 Å². The summed E-state index contributed by atoms with van der Waals surface area (Å²) in [7, 11) is 0. The molecule has 2 aromatic heterocycles. The van der Waals surface area contributed by atoms with Crippen molar-refractivity contribution in [3.63, 3.8) is 0 Å². The molecule has 0 saturated carbocycles. The molecular weight excluding hydrogens is 226 g/mol. The van der Waals surface area contributed by atoms with Crippen LogP contribution in [-0.4, -0.2) is 9.97 Å². The summed E-state index contributed by atoms with van der Waals surface area (Å²) in [4.78, 5) is 7.53. The normalized spacial score (nSPS) is 11.3. The van der Waals surface area contributed by atoms with E-state index < -0.39 is 0 Å². The summed E-state index contributed by atoms with van der Waals surface area (Å²) in [6.45, 7) is 4.44. The van der Waals surface area contributed by atoms with Gasteiger partial charge in [0, 0.05) is 22.2 Å². The number of benzene rings is 1. The van der Waals surface area contributed by atoms with Crippen LogP contribution in [0.25, 0.3) is 22.2 Å². The van der Waals surface area contributed by atoms with Gasteiger partial charge in [0.25, 0.3) is 0 Å². The molecule has 2 heterocycles. The summed E-state index contributed by atoms with van der Waals surface area (Å²) >= 11 is 0. The fourth-order valence-electron chi connectivity index (χ4n) is 2.28. The van der Waals surface area contributed by atoms with E-state index in [0.717, 1.165) is 27.9 Å². The number of oxazole rings is 1. The van der Waals surface area contributed by atoms with Gasteiger partial charge in [-0.05, 0) is 25.5 Å². The Hall–Kier alpha value is -2.07. The molecule has 0 aliphatic carbocycles. The number of aromatic amines is 1. The average molecular weight is 241 g/mol. The highest BCUT2D eigenvalue weighted by atomic mass is 16.4. The van der Waals surface area contributed by atoms with E-state index in [1.54, 1.807) is 6.20 Å². The second-order valence-electron chi connectivity index (χ2n) is 4.50. The summed E-state index contributed by atoms with van der Waals surface area (Å²) in [6.07, 6.45) is 1.73. The van der Waals surface area contributed by atoms with Crippen molar-refractivity contribution in [2.75, 3.05) is 0 Å². The molecule has 3 rings (SSSR count). The number of nitrogens with one attached hydrogen (secondary N) is 1. The minimum absolute atomic E-state index is 0.320. The van der Waals surface area contributed by atoms with E-state index in [1.807, 2.05) is 6.92 Å². The molecule has 4 heteroatoms. The van der Waals surface area contributed by atoms with Crippen molar-refractivity contribution in [3.8, 4) is 11.3 Å². The molecule has 3 N–H and O–H groups in total. The molecule has 4 nitrogen and oxygen atoms in total. The Labute approximate surface area is 105 Å². The minimum Gasteiger partial charge on any atom is -0.439 e. The van der Waals surface area contributed by atoms with Gasteiger partial charge in [0.1, 0.15) is 0 Å². The van der Waals surface area contributed by atoms with Crippen LogP contribution in [0, 0.1) is 13.8 Å². The van der Waals surface area contributed by atoms with Crippen LogP contribution < -0.4 is 5.73 Å². The zero-order valence-electron chi connectivity index (χ0n) is 10.4. The first kappa shape index (κ1) is 11.0. The monoisotopic (exact) mass is 241 g/mol. The molecule has 0 radical (unpaired) electrons. The lowest BCUT2D eigenvalue weighted by atomic mass is 10.1. The fourth-order valence-corrected chi connectivity index (χ4v) is 2.28. The minimum atomic E-state index is 0.320. The van der Waals surface area contributed by atoms with Crippen molar-refractivity contribution in [1.82, 2.24) is 9.97 Å². The molecule has 1 aromatic carbocycles. The topological polar surface area (TPSA) is 67.8 Å². The van der Waals surface area contributed by atoms with Gasteiger partial charge in [-0.3, -0.25) is 0 Å². The molecule has 0 fully saturated rings. The van der Waals surface area contributed by atoms with Crippen LogP contribution in [0.1, 0.15) is 17.1 Å². The zero-order valence-corrected chi connectivity index (χ0v) is 10.4. The van der Waals surface area contributed by atoms with Crippen LogP contribution in [0.2, 0.25) is 0 Å². The lowest BCUT2D eigenvalue weighted by molar-refractivity contribution is 0.510. The highest BCUT2D eigenvalue weighted by Crippen LogP contribution is 2.32. The summed E-state index contributed by atoms with van der Waals surface area (Å²) in [5.41, 5.74) is 10.0. The Kier molecular flexibility index (Phi) is 2.45. The third kappa shape index (κ3) is 1.62. The van der Waals surface area contributed by atoms with Crippen molar-refractivity contribution in [2.45, 2.75) is 20.4 Å². The van der Waals surface area contributed by atoms with Crippen LogP contribution in [0.5, 0.6) is 0 Å². The number of rotatable bonds is 2. The smallest absolute Gasteiger partial charge is 0.208 e. The maximum absolute atomic E-state index is 5.64. The Bertz CT molecular complexity index is 709. The summed E-state index contributed by atoms with van der Waals surface area (Å²) < 4.78 is 5.64. The van der Waals surface area contributed by atoms with Crippen LogP contribution in [-0.2, 0) is 6.54 Å². The van der Waals surface area contributed by atoms with Crippen LogP contribution >= 0.6 is 0 Å². The molecule has 18 heavy (non-hydrogen) atoms. The highest BCUT2D eigenvalue weighted by molar-refractivity contribution is 5.96. The number of fused-ring (bicyclic) bond motifs is 1. The number of aryl methyl sites for hydroxylation is 2. The van der Waals surface area contributed by atoms with E-state index in [4.69, 9.17) is 10.2 Å². The van der Waals surface area contributed by atoms with Gasteiger partial charge in [-0.1, -0.05) is 12.1 Å². The number of nitrogens with zero attached hydrogens (tertiary/aromatic N) is 1. The molecule has 0 aliphatic heterocycles. The van der Waals surface area contributed by atoms with Gasteiger partial charge >= 0.3 is 0 Å². The summed E-state index contributed by atoms with van der Waals surface area (Å²) in [6, 6.07) is 6.33. The molecule has 0 spiro atoms. The first-order valence-corrected chi connectivity index (χ1v) is 5.93. The quantitative estimate of drug-likeness (QED) is 0.724. The van der Waals surface area contributed by atoms with E-state index in [9.17, 15) is 0 Å². The molecule has 0 amide bonds. The fraction of sp³-hybridized carbons (Fsp3) is 0.214. The predicted molar refractivity (Wildman–Crippen MR) is 71.2 cm³/mol. The molecule has 3 aromatic rings. The number of nitrogens with two attached hydrogens (primary N) is 1. The Morgan fingerprint density at radius 3 is 2.89 bits per heavy atom. The van der Waals surface area contributed by atoms with Crippen LogP contribution in [0.4, 0.5) is 0 Å². The largest absolute Gasteiger partial charge is 0.439 e. The van der Waals surface area contributed by atoms with Gasteiger partial charge in [-0.2, -0.15) is 0 Å². The van der Waals surface area contributed by atoms with E-state index in [-0.39, 0.29) is 0 Å². The maximum atomic E-state index is 5.64. The van der Waals surface area contributed by atoms with Crippen molar-refractivity contribution < 1.29 is 4.42 Å². The molecule has 0 saturated heterocycles. The molecule has 0 bridgehead atoms. The Balaban J connectivity index is 2.24. The van der Waals surface area contributed by atoms with Crippen molar-refractivity contribution >= 4 is 10.9 Å². The molecule has 0 atom stereocenters. The second kappa shape index (κ2) is 3.99. The van der Waals surface area contributed by atoms with E-state index in [2.05, 4.69) is 35.1 Å². The number of aromatic nitrogens is 2. The Morgan fingerprint density at radius 1 is 1.33 bits per heavy atom. The molecule has 0 unspecified atom stereocenters. The van der Waals surface area contributed by atoms with Crippen molar-refractivity contribution in [1.29, 1.82) is 0 Å². The SMILES string of the molecule is Cc1ccc2c(-c3cnc(CN)o3)c(C)[nH]c2c1. The zero-order chi connectivity index (χ0) is 12.7. The third-order valence-electron chi connectivity index (χ3n) is 3.12. The van der Waals surface area contributed by atoms with Crippen LogP contribution in [0.15, 0.2) is 28.8 Å². The first-order valence-electron chi connectivity index (χ1n) is 5.93. The molecule has 92 valence electrons. The Morgan fingerprint density at radius 2 is 2.17 bits per heavy atom. The van der Waals surface area contributed by atoms with Gasteiger partial charge in [-0.15, -0.1) is 0 Å². The van der Waals surface area contributed by atoms with Gasteiger partial charge in [0.05, 0.1) is 12.7 Å². The first-order chi connectivity index (χ1) is 8.69. The van der Waals surface area contributed by atoms with Gasteiger partial charge < -0.3 is 15.1 Å². The number of hydrogen-bond acceptors (Lipinski definition) is 3. The van der Waals surface area contributed by atoms with Gasteiger partial charge in [0.15, 0.2) is 5.76 Å². The van der Waals surface area contributed by atoms with E-state index in [0.29, 0.717) is 12.4 Å². The lowest BCUT2D eigenvalue weighted by Gasteiger charge is -1.97. The average Bonchev–Trinajstić information content (AvgIpc) is 2.91. The standard InChI is InChI=1S/C14H15N3O/c1-8-3-4-10-11(5-8)17-9(2)14(10)12-7-16-13(6-15)18-12/h3-5,7,17H,6,15H2,1-2H3. The number of H-pyrrole nitrogens is 1. The summed E-state index contributed by atoms with van der Waals surface area (Å²) in [5.74, 6) is 1.33. The lowest BCUT2D eigenvalue weighted by Crippen LogP contribution is -1.94.